The molecular weight excluding hydrogens is 649 g/mol. The Bertz CT molecular complexity index is 742. The Hall–Kier alpha value is -0.500. The third-order valence-corrected chi connectivity index (χ3v) is 10.5. The molecule has 0 aliphatic heterocycles. The van der Waals surface area contributed by atoms with E-state index in [-0.39, 0.29) is 32.3 Å². The minimum atomic E-state index is -4.26. The summed E-state index contributed by atoms with van der Waals surface area (Å²) in [5.41, 5.74) is 5.36. The average molecular weight is 734 g/mol. The monoisotopic (exact) mass is 734 g/mol. The van der Waals surface area contributed by atoms with Gasteiger partial charge in [0.25, 0.3) is 0 Å². The highest BCUT2D eigenvalue weighted by molar-refractivity contribution is 7.47. The van der Waals surface area contributed by atoms with E-state index < -0.39 is 13.9 Å². The molecule has 2 unspecified atom stereocenters. The van der Waals surface area contributed by atoms with Crippen LogP contribution in [-0.4, -0.2) is 49.9 Å². The molecule has 9 heteroatoms. The number of unbranched alkanes of at least 4 members (excludes halogenated alkanes) is 29. The summed E-state index contributed by atoms with van der Waals surface area (Å²) < 4.78 is 33.3. The van der Waals surface area contributed by atoms with E-state index in [2.05, 4.69) is 13.8 Å². The van der Waals surface area contributed by atoms with Crippen molar-refractivity contribution in [1.82, 2.24) is 0 Å². The van der Waals surface area contributed by atoms with Crippen molar-refractivity contribution in [3.63, 3.8) is 0 Å². The zero-order chi connectivity index (χ0) is 36.6. The maximum absolute atomic E-state index is 12.6. The predicted octanol–water partition coefficient (Wildman–Crippen LogP) is 12.5. The number of esters is 1. The van der Waals surface area contributed by atoms with Gasteiger partial charge >= 0.3 is 13.8 Å². The Morgan fingerprint density at radius 2 is 0.880 bits per heavy atom. The van der Waals surface area contributed by atoms with Gasteiger partial charge in [0.15, 0.2) is 0 Å². The quantitative estimate of drug-likeness (QED) is 0.0362. The third kappa shape index (κ3) is 38.7. The lowest BCUT2D eigenvalue weighted by Crippen LogP contribution is -2.28. The molecule has 0 saturated carbocycles. The predicted molar refractivity (Wildman–Crippen MR) is 211 cm³/mol. The van der Waals surface area contributed by atoms with E-state index in [0.29, 0.717) is 13.0 Å². The zero-order valence-corrected chi connectivity index (χ0v) is 34.1. The highest BCUT2D eigenvalue weighted by Gasteiger charge is 2.25. The first-order chi connectivity index (χ1) is 24.4. The minimum absolute atomic E-state index is 0.0903. The molecule has 0 amide bonds. The smallest absolute Gasteiger partial charge is 0.457 e. The molecule has 300 valence electrons. The number of nitrogens with two attached hydrogens (primary N) is 1. The summed E-state index contributed by atoms with van der Waals surface area (Å²) >= 11 is 0. The fraction of sp³-hybridized carbons (Fsp3) is 0.976. The second-order valence-electron chi connectivity index (χ2n) is 14.6. The largest absolute Gasteiger partial charge is 0.472 e. The molecule has 50 heavy (non-hydrogen) atoms. The molecule has 0 bridgehead atoms. The Morgan fingerprint density at radius 1 is 0.520 bits per heavy atom. The van der Waals surface area contributed by atoms with Crippen molar-refractivity contribution < 1.29 is 32.8 Å². The van der Waals surface area contributed by atoms with Crippen molar-refractivity contribution in [1.29, 1.82) is 0 Å². The van der Waals surface area contributed by atoms with Gasteiger partial charge in [-0.3, -0.25) is 13.8 Å². The summed E-state index contributed by atoms with van der Waals surface area (Å²) in [6.45, 7) is 4.96. The Labute approximate surface area is 310 Å². The first kappa shape index (κ1) is 49.5. The van der Waals surface area contributed by atoms with Gasteiger partial charge in [-0.25, -0.2) is 4.57 Å². The van der Waals surface area contributed by atoms with Crippen molar-refractivity contribution in [2.75, 3.05) is 33.0 Å². The van der Waals surface area contributed by atoms with Gasteiger partial charge in [-0.05, 0) is 12.8 Å². The van der Waals surface area contributed by atoms with Gasteiger partial charge in [0, 0.05) is 19.6 Å². The number of hydrogen-bond acceptors (Lipinski definition) is 7. The lowest BCUT2D eigenvalue weighted by atomic mass is 10.0. The van der Waals surface area contributed by atoms with E-state index >= 15 is 0 Å². The highest BCUT2D eigenvalue weighted by atomic mass is 31.2. The lowest BCUT2D eigenvalue weighted by Gasteiger charge is -2.20. The summed E-state index contributed by atoms with van der Waals surface area (Å²) in [6.07, 6.45) is 39.8. The SMILES string of the molecule is CCCCCCCCCCCCCCCCCCCCCCCC(=O)OC(COCCCCCCCCCCCC)COP(=O)(O)OCCN. The zero-order valence-electron chi connectivity index (χ0n) is 33.2. The molecular formula is C41H84NO7P. The molecule has 0 aliphatic rings. The number of phosphoric ester groups is 1. The molecule has 0 aromatic carbocycles. The van der Waals surface area contributed by atoms with Crippen LogP contribution in [0.4, 0.5) is 0 Å². The molecule has 0 saturated heterocycles. The van der Waals surface area contributed by atoms with Crippen LogP contribution >= 0.6 is 7.82 Å². The van der Waals surface area contributed by atoms with Gasteiger partial charge in [-0.1, -0.05) is 200 Å². The molecule has 0 heterocycles. The molecule has 3 N–H and O–H groups in total. The van der Waals surface area contributed by atoms with E-state index in [1.165, 1.54) is 167 Å². The van der Waals surface area contributed by atoms with Crippen molar-refractivity contribution in [2.45, 2.75) is 225 Å². The van der Waals surface area contributed by atoms with Gasteiger partial charge in [-0.2, -0.15) is 0 Å². The molecule has 2 atom stereocenters. The first-order valence-corrected chi connectivity index (χ1v) is 23.0. The number of hydrogen-bond donors (Lipinski definition) is 2. The molecule has 0 fully saturated rings. The number of carbonyl (C=O) groups excluding carboxylic acids is 1. The van der Waals surface area contributed by atoms with E-state index in [1.54, 1.807) is 0 Å². The van der Waals surface area contributed by atoms with Crippen LogP contribution in [0.15, 0.2) is 0 Å². The van der Waals surface area contributed by atoms with E-state index in [1.807, 2.05) is 0 Å². The van der Waals surface area contributed by atoms with E-state index in [0.717, 1.165) is 32.1 Å². The summed E-state index contributed by atoms with van der Waals surface area (Å²) in [4.78, 5) is 22.4. The van der Waals surface area contributed by atoms with Crippen LogP contribution in [-0.2, 0) is 27.9 Å². The summed E-state index contributed by atoms with van der Waals surface area (Å²) in [5, 5.41) is 0. The molecule has 8 nitrogen and oxygen atoms in total. The van der Waals surface area contributed by atoms with E-state index in [9.17, 15) is 14.3 Å². The van der Waals surface area contributed by atoms with Gasteiger partial charge < -0.3 is 20.1 Å². The third-order valence-electron chi connectivity index (χ3n) is 9.52. The maximum Gasteiger partial charge on any atom is 0.472 e. The van der Waals surface area contributed by atoms with Crippen LogP contribution in [0.2, 0.25) is 0 Å². The Kier molecular flexibility index (Phi) is 39.3. The standard InChI is InChI=1S/C41H84NO7P/c1-3-5-7-9-11-13-15-16-17-18-19-20-21-22-23-24-25-26-28-30-32-34-41(43)49-40(39-48-50(44,45)47-37-35-42)38-46-36-33-31-29-27-14-12-10-8-6-4-2/h40H,3-39,42H2,1-2H3,(H,44,45). The summed E-state index contributed by atoms with van der Waals surface area (Å²) in [5.74, 6) is -0.324. The molecule has 0 aliphatic carbocycles. The van der Waals surface area contributed by atoms with Gasteiger partial charge in [0.05, 0.1) is 19.8 Å². The normalized spacial score (nSPS) is 13.4. The highest BCUT2D eigenvalue weighted by Crippen LogP contribution is 2.43. The number of rotatable bonds is 42. The molecule has 0 radical (unpaired) electrons. The lowest BCUT2D eigenvalue weighted by molar-refractivity contribution is -0.154. The summed E-state index contributed by atoms with van der Waals surface area (Å²) in [6, 6.07) is 0. The average Bonchev–Trinajstić information content (AvgIpc) is 3.10. The number of carbonyl (C=O) groups is 1. The second kappa shape index (κ2) is 39.7. The van der Waals surface area contributed by atoms with Crippen molar-refractivity contribution in [3.8, 4) is 0 Å². The molecule has 0 aromatic rings. The van der Waals surface area contributed by atoms with Gasteiger partial charge in [-0.15, -0.1) is 0 Å². The Morgan fingerprint density at radius 3 is 1.26 bits per heavy atom. The van der Waals surface area contributed by atoms with Crippen LogP contribution in [0.25, 0.3) is 0 Å². The van der Waals surface area contributed by atoms with Gasteiger partial charge in [0.2, 0.25) is 0 Å². The van der Waals surface area contributed by atoms with Gasteiger partial charge in [0.1, 0.15) is 6.10 Å². The minimum Gasteiger partial charge on any atom is -0.457 e. The van der Waals surface area contributed by atoms with Crippen LogP contribution < -0.4 is 5.73 Å². The maximum atomic E-state index is 12.6. The van der Waals surface area contributed by atoms with Crippen LogP contribution in [0.5, 0.6) is 0 Å². The van der Waals surface area contributed by atoms with Crippen molar-refractivity contribution in [3.05, 3.63) is 0 Å². The Balaban J connectivity index is 3.89. The second-order valence-corrected chi connectivity index (χ2v) is 16.0. The van der Waals surface area contributed by atoms with Crippen LogP contribution in [0, 0.1) is 0 Å². The fourth-order valence-electron chi connectivity index (χ4n) is 6.35. The molecule has 0 rings (SSSR count). The topological polar surface area (TPSA) is 117 Å². The molecule has 0 spiro atoms. The van der Waals surface area contributed by atoms with Crippen LogP contribution in [0.3, 0.4) is 0 Å². The number of phosphoric acid groups is 1. The van der Waals surface area contributed by atoms with Crippen molar-refractivity contribution >= 4 is 13.8 Å². The summed E-state index contributed by atoms with van der Waals surface area (Å²) in [7, 11) is -4.26. The first-order valence-electron chi connectivity index (χ1n) is 21.5. The van der Waals surface area contributed by atoms with Crippen LogP contribution in [0.1, 0.15) is 219 Å². The fourth-order valence-corrected chi connectivity index (χ4v) is 7.12. The molecule has 0 aromatic heterocycles. The van der Waals surface area contributed by atoms with Crippen molar-refractivity contribution in [2.24, 2.45) is 5.73 Å². The number of ether oxygens (including phenoxy) is 2. The van der Waals surface area contributed by atoms with E-state index in [4.69, 9.17) is 24.3 Å².